The van der Waals surface area contributed by atoms with Gasteiger partial charge in [0, 0.05) is 76.0 Å². The molecular weight excluding hydrogens is 888 g/mol. The van der Waals surface area contributed by atoms with E-state index in [9.17, 15) is 28.8 Å². The van der Waals surface area contributed by atoms with E-state index in [-0.39, 0.29) is 38.9 Å². The van der Waals surface area contributed by atoms with Gasteiger partial charge in [0.1, 0.15) is 0 Å². The van der Waals surface area contributed by atoms with E-state index >= 15 is 0 Å². The summed E-state index contributed by atoms with van der Waals surface area (Å²) >= 11 is 5.56. The molecule has 6 fully saturated rings. The minimum atomic E-state index is -0.422. The van der Waals surface area contributed by atoms with Gasteiger partial charge in [0.15, 0.2) is 33.5 Å². The Labute approximate surface area is 388 Å². The molecule has 21 nitrogen and oxygen atoms in total. The molecule has 9 heterocycles. The van der Waals surface area contributed by atoms with Crippen molar-refractivity contribution in [1.29, 1.82) is 0 Å². The number of fused-ring (bicyclic) bond motifs is 3. The molecule has 0 radical (unpaired) electrons. The zero-order valence-corrected chi connectivity index (χ0v) is 39.9. The van der Waals surface area contributed by atoms with Gasteiger partial charge in [-0.2, -0.15) is 0 Å². The van der Waals surface area contributed by atoms with Crippen LogP contribution in [0.25, 0.3) is 33.5 Å². The number of aryl methyl sites for hydroxylation is 3. The highest BCUT2D eigenvalue weighted by molar-refractivity contribution is 6.18. The minimum Gasteiger partial charge on any atom is -0.380 e. The van der Waals surface area contributed by atoms with Crippen LogP contribution >= 0.6 is 11.6 Å². The van der Waals surface area contributed by atoms with Crippen molar-refractivity contribution >= 4 is 45.1 Å². The Morgan fingerprint density at radius 3 is 1.19 bits per heavy atom. The van der Waals surface area contributed by atoms with Crippen LogP contribution in [0.1, 0.15) is 59.3 Å². The summed E-state index contributed by atoms with van der Waals surface area (Å²) < 4.78 is 28.1. The summed E-state index contributed by atoms with van der Waals surface area (Å²) in [6.07, 6.45) is 12.2. The van der Waals surface area contributed by atoms with E-state index in [2.05, 4.69) is 26.9 Å². The van der Waals surface area contributed by atoms with Gasteiger partial charge in [-0.3, -0.25) is 42.2 Å². The number of aromatic amines is 1. The highest BCUT2D eigenvalue weighted by Crippen LogP contribution is 2.33. The van der Waals surface area contributed by atoms with Crippen molar-refractivity contribution in [2.75, 3.05) is 45.5 Å². The summed E-state index contributed by atoms with van der Waals surface area (Å²) in [7, 11) is 4.96. The lowest BCUT2D eigenvalue weighted by Gasteiger charge is -2.38. The molecule has 0 amide bonds. The maximum atomic E-state index is 12.9. The van der Waals surface area contributed by atoms with Crippen molar-refractivity contribution in [2.24, 2.45) is 55.1 Å². The highest BCUT2D eigenvalue weighted by Gasteiger charge is 2.37. The van der Waals surface area contributed by atoms with Gasteiger partial charge < -0.3 is 27.9 Å². The zero-order valence-electron chi connectivity index (χ0n) is 39.2. The minimum absolute atomic E-state index is 0.134. The Morgan fingerprint density at radius 1 is 0.552 bits per heavy atom. The van der Waals surface area contributed by atoms with Gasteiger partial charge in [-0.25, -0.2) is 29.3 Å². The third kappa shape index (κ3) is 9.56. The maximum Gasteiger partial charge on any atom is 0.332 e. The first kappa shape index (κ1) is 46.7. The summed E-state index contributed by atoms with van der Waals surface area (Å²) in [4.78, 5) is 88.7. The fourth-order valence-corrected chi connectivity index (χ4v) is 8.79. The van der Waals surface area contributed by atoms with Crippen LogP contribution < -0.4 is 33.7 Å². The van der Waals surface area contributed by atoms with Crippen molar-refractivity contribution in [3.63, 3.8) is 0 Å². The number of hydrogen-bond acceptors (Lipinski definition) is 12. The molecule has 0 spiro atoms. The van der Waals surface area contributed by atoms with E-state index in [0.29, 0.717) is 96.2 Å². The third-order valence-electron chi connectivity index (χ3n) is 13.6. The molecule has 3 saturated carbocycles. The molecule has 6 aromatic heterocycles. The van der Waals surface area contributed by atoms with E-state index in [1.807, 2.05) is 27.5 Å². The van der Waals surface area contributed by atoms with E-state index in [0.717, 1.165) is 38.7 Å². The first-order chi connectivity index (χ1) is 31.9. The van der Waals surface area contributed by atoms with Gasteiger partial charge in [0.05, 0.1) is 58.6 Å². The second kappa shape index (κ2) is 17.9. The van der Waals surface area contributed by atoms with Crippen molar-refractivity contribution < 1.29 is 14.2 Å². The average Bonchev–Trinajstić information content (AvgIpc) is 4.24. The number of imidazole rings is 3. The van der Waals surface area contributed by atoms with Gasteiger partial charge >= 0.3 is 17.1 Å². The molecule has 6 aliphatic rings. The number of ether oxygens (including phenoxy) is 3. The second-order valence-electron chi connectivity index (χ2n) is 20.9. The van der Waals surface area contributed by atoms with Gasteiger partial charge in [-0.1, -0.05) is 20.8 Å². The quantitative estimate of drug-likeness (QED) is 0.184. The first-order valence-corrected chi connectivity index (χ1v) is 23.7. The summed E-state index contributed by atoms with van der Waals surface area (Å²) in [5.41, 5.74) is 1.17. The predicted octanol–water partition coefficient (Wildman–Crippen LogP) is 1.78. The number of aromatic nitrogens is 12. The van der Waals surface area contributed by atoms with Crippen molar-refractivity contribution in [3.05, 3.63) is 81.5 Å². The zero-order chi connectivity index (χ0) is 47.6. The smallest absolute Gasteiger partial charge is 0.332 e. The lowest BCUT2D eigenvalue weighted by atomic mass is 9.88. The topological polar surface area (TPSA) is 224 Å². The molecule has 67 heavy (non-hydrogen) atoms. The SMILES string of the molecule is CC1(CCl)COC1.Cn1c(=O)[nH]c(=O)c2c1ncn2CC1CC1.Cn1c(=O)n(CC2(C)COC2)c(=O)c2c1ncn2CC1CC1.Cn1c(=O)n(CC2(C)COC2)c(=O)c2c1ncn2CC1CC1. The number of nitrogens with one attached hydrogen (secondary N) is 1. The summed E-state index contributed by atoms with van der Waals surface area (Å²) in [6, 6.07) is 0. The standard InChI is InChI=1S/2C15H20N4O3.C10H12N4O2.C5H9ClO/c2*1-15(7-22-8-15)6-19-13(20)11-12(17(2)14(19)21)16-9-18(11)5-10-3-4-10;1-13-8-7(9(15)12-10(13)16)14(5-11-8)4-6-2-3-6;1-5(2-6)3-7-4-5/h2*9-10H,3-8H2,1-2H3;5-6H,2-4H2,1H3,(H,12,15,16);2-4H2,1H3. The highest BCUT2D eigenvalue weighted by atomic mass is 35.5. The molecule has 1 N–H and O–H groups in total. The van der Waals surface area contributed by atoms with Crippen LogP contribution in [0.4, 0.5) is 0 Å². The van der Waals surface area contributed by atoms with Crippen molar-refractivity contribution in [2.45, 2.75) is 92.0 Å². The van der Waals surface area contributed by atoms with E-state index in [1.165, 1.54) is 61.4 Å². The van der Waals surface area contributed by atoms with E-state index in [4.69, 9.17) is 25.8 Å². The van der Waals surface area contributed by atoms with E-state index < -0.39 is 5.69 Å². The van der Waals surface area contributed by atoms with Crippen LogP contribution in [0.2, 0.25) is 0 Å². The second-order valence-corrected chi connectivity index (χ2v) is 21.1. The van der Waals surface area contributed by atoms with Crippen LogP contribution in [0.3, 0.4) is 0 Å². The molecule has 0 atom stereocenters. The molecule has 0 aromatic carbocycles. The molecule has 12 rings (SSSR count). The van der Waals surface area contributed by atoms with Crippen LogP contribution in [0.15, 0.2) is 47.7 Å². The number of halogens is 1. The maximum absolute atomic E-state index is 12.9. The van der Waals surface area contributed by atoms with Gasteiger partial charge in [0.25, 0.3) is 16.7 Å². The number of H-pyrrole nitrogens is 1. The van der Waals surface area contributed by atoms with Crippen LogP contribution in [0, 0.1) is 34.0 Å². The molecule has 6 aromatic rings. The first-order valence-electron chi connectivity index (χ1n) is 23.1. The third-order valence-corrected chi connectivity index (χ3v) is 14.3. The number of alkyl halides is 1. The van der Waals surface area contributed by atoms with Gasteiger partial charge in [-0.15, -0.1) is 11.6 Å². The van der Waals surface area contributed by atoms with Crippen molar-refractivity contribution in [1.82, 2.24) is 56.5 Å². The number of nitrogens with zero attached hydrogens (tertiary/aromatic N) is 11. The van der Waals surface area contributed by atoms with Gasteiger partial charge in [0.2, 0.25) is 0 Å². The fraction of sp³-hybridized carbons (Fsp3) is 0.667. The molecule has 0 unspecified atom stereocenters. The lowest BCUT2D eigenvalue weighted by molar-refractivity contribution is -0.111. The predicted molar refractivity (Wildman–Crippen MR) is 250 cm³/mol. The normalized spacial score (nSPS) is 19.9. The summed E-state index contributed by atoms with van der Waals surface area (Å²) in [5.74, 6) is 2.67. The molecule has 22 heteroatoms. The van der Waals surface area contributed by atoms with Gasteiger partial charge in [-0.05, 0) is 56.3 Å². The fourth-order valence-electron chi connectivity index (χ4n) is 8.63. The monoisotopic (exact) mass is 948 g/mol. The van der Waals surface area contributed by atoms with E-state index in [1.54, 1.807) is 40.1 Å². The Hall–Kier alpha value is -5.38. The lowest BCUT2D eigenvalue weighted by Crippen LogP contribution is -2.50. The molecule has 3 aliphatic heterocycles. The molecule has 362 valence electrons. The average molecular weight is 950 g/mol. The Kier molecular flexibility index (Phi) is 12.5. The van der Waals surface area contributed by atoms with Crippen LogP contribution in [-0.2, 0) is 68.1 Å². The molecule has 0 bridgehead atoms. The largest absolute Gasteiger partial charge is 0.380 e. The number of hydrogen-bond donors (Lipinski definition) is 1. The Morgan fingerprint density at radius 2 is 0.896 bits per heavy atom. The van der Waals surface area contributed by atoms with Crippen LogP contribution in [0.5, 0.6) is 0 Å². The Bertz CT molecular complexity index is 3050. The summed E-state index contributed by atoms with van der Waals surface area (Å²) in [6.45, 7) is 13.4. The summed E-state index contributed by atoms with van der Waals surface area (Å²) in [5, 5.41) is 0. The number of rotatable bonds is 11. The van der Waals surface area contributed by atoms with Crippen molar-refractivity contribution in [3.8, 4) is 0 Å². The molecular formula is C45H61ClN12O9. The molecule has 3 saturated heterocycles. The van der Waals surface area contributed by atoms with Crippen LogP contribution in [-0.4, -0.2) is 102 Å². The molecule has 3 aliphatic carbocycles. The Balaban J connectivity index is 0.000000119.